The molecule has 0 unspecified atom stereocenters. The third-order valence-electron chi connectivity index (χ3n) is 4.56. The molecule has 10 heteroatoms. The van der Waals surface area contributed by atoms with Crippen molar-refractivity contribution in [1.29, 1.82) is 0 Å². The van der Waals surface area contributed by atoms with Crippen molar-refractivity contribution in [2.24, 2.45) is 0 Å². The fraction of sp³-hybridized carbons (Fsp3) is 0.200. The molecular formula is C15H12N4O6. The molecule has 0 atom stereocenters. The van der Waals surface area contributed by atoms with Crippen molar-refractivity contribution < 1.29 is 20.1 Å². The molecule has 128 valence electrons. The van der Waals surface area contributed by atoms with E-state index < -0.39 is 21.3 Å². The van der Waals surface area contributed by atoms with Crippen molar-refractivity contribution in [2.75, 3.05) is 16.5 Å². The number of phenols is 2. The van der Waals surface area contributed by atoms with Crippen molar-refractivity contribution in [3.05, 3.63) is 55.6 Å². The van der Waals surface area contributed by atoms with Crippen LogP contribution >= 0.6 is 0 Å². The maximum Gasteiger partial charge on any atom is 0.317 e. The van der Waals surface area contributed by atoms with E-state index in [0.717, 1.165) is 0 Å². The lowest BCUT2D eigenvalue weighted by Crippen LogP contribution is -2.46. The van der Waals surface area contributed by atoms with Crippen LogP contribution in [-0.2, 0) is 13.1 Å². The predicted octanol–water partition coefficient (Wildman–Crippen LogP) is 2.21. The van der Waals surface area contributed by atoms with Crippen molar-refractivity contribution in [3.63, 3.8) is 0 Å². The summed E-state index contributed by atoms with van der Waals surface area (Å²) in [6, 6.07) is 5.63. The molecule has 0 radical (unpaired) electrons. The summed E-state index contributed by atoms with van der Waals surface area (Å²) in [6.07, 6.45) is 0. The minimum absolute atomic E-state index is 0.130. The van der Waals surface area contributed by atoms with E-state index in [4.69, 9.17) is 0 Å². The van der Waals surface area contributed by atoms with Crippen LogP contribution in [0.2, 0.25) is 0 Å². The van der Waals surface area contributed by atoms with Gasteiger partial charge in [0.1, 0.15) is 0 Å². The summed E-state index contributed by atoms with van der Waals surface area (Å²) in [7, 11) is 0. The molecule has 0 fully saturated rings. The lowest BCUT2D eigenvalue weighted by atomic mass is 9.98. The Bertz CT molecular complexity index is 869. The van der Waals surface area contributed by atoms with Gasteiger partial charge in [0.05, 0.1) is 52.1 Å². The summed E-state index contributed by atoms with van der Waals surface area (Å²) in [5.41, 5.74) is 1.09. The highest BCUT2D eigenvalue weighted by Gasteiger charge is 2.38. The highest BCUT2D eigenvalue weighted by atomic mass is 16.6. The Balaban J connectivity index is 1.90. The van der Waals surface area contributed by atoms with Gasteiger partial charge in [-0.25, -0.2) is 0 Å². The van der Waals surface area contributed by atoms with Gasteiger partial charge in [0.25, 0.3) is 0 Å². The molecule has 10 nitrogen and oxygen atoms in total. The molecule has 2 aromatic rings. The second-order valence-corrected chi connectivity index (χ2v) is 5.91. The normalized spacial score (nSPS) is 14.7. The molecule has 2 bridgehead atoms. The predicted molar refractivity (Wildman–Crippen MR) is 86.8 cm³/mol. The minimum atomic E-state index is -0.627. The van der Waals surface area contributed by atoms with Gasteiger partial charge in [0.2, 0.25) is 0 Å². The van der Waals surface area contributed by atoms with Crippen molar-refractivity contribution in [2.45, 2.75) is 13.1 Å². The number of anilines is 2. The number of aromatic hydroxyl groups is 2. The molecule has 0 amide bonds. The van der Waals surface area contributed by atoms with Crippen molar-refractivity contribution >= 4 is 22.7 Å². The van der Waals surface area contributed by atoms with Crippen LogP contribution in [0, 0.1) is 20.2 Å². The van der Waals surface area contributed by atoms with E-state index in [0.29, 0.717) is 29.2 Å². The standard InChI is InChI=1S/C15H12N4O6/c20-12-3-1-10-8(14(12)18(22)23)5-17-7-16(10)6-9-11(17)2-4-13(21)15(9)19(24)25/h1-4,20-21H,5-7H2. The molecule has 4 rings (SSSR count). The largest absolute Gasteiger partial charge is 0.502 e. The van der Waals surface area contributed by atoms with E-state index in [-0.39, 0.29) is 24.5 Å². The van der Waals surface area contributed by atoms with Gasteiger partial charge in [-0.15, -0.1) is 0 Å². The molecule has 2 N–H and O–H groups in total. The Kier molecular flexibility index (Phi) is 2.98. The molecule has 0 aromatic heterocycles. The topological polar surface area (TPSA) is 133 Å². The van der Waals surface area contributed by atoms with Crippen molar-refractivity contribution in [3.8, 4) is 11.5 Å². The van der Waals surface area contributed by atoms with Gasteiger partial charge < -0.3 is 20.0 Å². The lowest BCUT2D eigenvalue weighted by molar-refractivity contribution is -0.386. The van der Waals surface area contributed by atoms with Gasteiger partial charge in [-0.1, -0.05) is 0 Å². The summed E-state index contributed by atoms with van der Waals surface area (Å²) in [6.45, 7) is 0.667. The Hall–Kier alpha value is -3.56. The summed E-state index contributed by atoms with van der Waals surface area (Å²) in [4.78, 5) is 24.9. The first kappa shape index (κ1) is 15.0. The number of nitrogens with zero attached hydrogens (tertiary/aromatic N) is 4. The van der Waals surface area contributed by atoms with Crippen LogP contribution < -0.4 is 9.80 Å². The van der Waals surface area contributed by atoms with E-state index in [1.165, 1.54) is 12.1 Å². The zero-order valence-electron chi connectivity index (χ0n) is 12.7. The molecule has 2 aliphatic rings. The van der Waals surface area contributed by atoms with E-state index in [1.807, 2.05) is 0 Å². The fourth-order valence-electron chi connectivity index (χ4n) is 3.55. The van der Waals surface area contributed by atoms with Gasteiger partial charge in [-0.2, -0.15) is 0 Å². The second kappa shape index (κ2) is 4.97. The number of benzene rings is 2. The average Bonchev–Trinajstić information content (AvgIpc) is 2.53. The number of nitro benzene ring substituents is 2. The van der Waals surface area contributed by atoms with Crippen LogP contribution in [0.4, 0.5) is 22.7 Å². The molecule has 2 aliphatic heterocycles. The Morgan fingerprint density at radius 3 is 1.56 bits per heavy atom. The SMILES string of the molecule is O=[N+]([O-])c1c(O)ccc2c1CN1CN2Cc2c1ccc(O)c2[N+](=O)[O-]. The molecule has 0 aliphatic carbocycles. The van der Waals surface area contributed by atoms with Crippen LogP contribution in [0.5, 0.6) is 11.5 Å². The van der Waals surface area contributed by atoms with Gasteiger partial charge in [-0.3, -0.25) is 20.2 Å². The first-order valence-electron chi connectivity index (χ1n) is 7.37. The fourth-order valence-corrected chi connectivity index (χ4v) is 3.55. The van der Waals surface area contributed by atoms with Gasteiger partial charge in [0, 0.05) is 0 Å². The van der Waals surface area contributed by atoms with E-state index in [2.05, 4.69) is 0 Å². The van der Waals surface area contributed by atoms with Crippen LogP contribution in [0.15, 0.2) is 24.3 Å². The minimum Gasteiger partial charge on any atom is -0.502 e. The quantitative estimate of drug-likeness (QED) is 0.625. The van der Waals surface area contributed by atoms with Gasteiger partial charge in [-0.05, 0) is 24.3 Å². The Morgan fingerprint density at radius 2 is 1.20 bits per heavy atom. The number of rotatable bonds is 2. The average molecular weight is 344 g/mol. The van der Waals surface area contributed by atoms with E-state index in [9.17, 15) is 30.4 Å². The highest BCUT2D eigenvalue weighted by molar-refractivity contribution is 5.77. The molecule has 0 saturated carbocycles. The third kappa shape index (κ3) is 2.04. The molecule has 2 aromatic carbocycles. The number of hydrogen-bond acceptors (Lipinski definition) is 8. The number of fused-ring (bicyclic) bond motifs is 6. The Morgan fingerprint density at radius 1 is 0.800 bits per heavy atom. The van der Waals surface area contributed by atoms with Crippen LogP contribution in [-0.4, -0.2) is 26.7 Å². The van der Waals surface area contributed by atoms with E-state index >= 15 is 0 Å². The Labute approximate surface area is 140 Å². The number of nitro groups is 2. The maximum atomic E-state index is 11.3. The van der Waals surface area contributed by atoms with Crippen LogP contribution in [0.3, 0.4) is 0 Å². The molecule has 0 spiro atoms. The number of phenolic OH excluding ortho intramolecular Hbond substituents is 2. The molecule has 2 heterocycles. The first-order chi connectivity index (χ1) is 11.9. The molecular weight excluding hydrogens is 332 g/mol. The van der Waals surface area contributed by atoms with Crippen molar-refractivity contribution in [1.82, 2.24) is 0 Å². The molecule has 25 heavy (non-hydrogen) atoms. The van der Waals surface area contributed by atoms with Gasteiger partial charge in [0.15, 0.2) is 11.5 Å². The first-order valence-corrected chi connectivity index (χ1v) is 7.37. The number of hydrogen-bond donors (Lipinski definition) is 2. The lowest BCUT2D eigenvalue weighted by Gasteiger charge is -2.44. The maximum absolute atomic E-state index is 11.3. The highest BCUT2D eigenvalue weighted by Crippen LogP contribution is 2.47. The summed E-state index contributed by atoms with van der Waals surface area (Å²) < 4.78 is 0. The molecule has 0 saturated heterocycles. The second-order valence-electron chi connectivity index (χ2n) is 5.91. The smallest absolute Gasteiger partial charge is 0.317 e. The van der Waals surface area contributed by atoms with Crippen LogP contribution in [0.25, 0.3) is 0 Å². The zero-order valence-corrected chi connectivity index (χ0v) is 12.7. The third-order valence-corrected chi connectivity index (χ3v) is 4.56. The monoisotopic (exact) mass is 344 g/mol. The summed E-state index contributed by atoms with van der Waals surface area (Å²) in [5.74, 6) is -0.828. The van der Waals surface area contributed by atoms with E-state index in [1.54, 1.807) is 21.9 Å². The summed E-state index contributed by atoms with van der Waals surface area (Å²) >= 11 is 0. The summed E-state index contributed by atoms with van der Waals surface area (Å²) in [5, 5.41) is 42.4. The van der Waals surface area contributed by atoms with Gasteiger partial charge >= 0.3 is 11.4 Å². The van der Waals surface area contributed by atoms with Crippen LogP contribution in [0.1, 0.15) is 11.1 Å². The zero-order chi connectivity index (χ0) is 17.9.